The van der Waals surface area contributed by atoms with Crippen molar-refractivity contribution in [1.29, 1.82) is 0 Å². The van der Waals surface area contributed by atoms with Crippen molar-refractivity contribution in [3.05, 3.63) is 88.1 Å². The van der Waals surface area contributed by atoms with Gasteiger partial charge in [-0.2, -0.15) is 0 Å². The molecule has 0 saturated carbocycles. The molecule has 2 saturated heterocycles. The number of rotatable bonds is 25. The Hall–Kier alpha value is -7.35. The summed E-state index contributed by atoms with van der Waals surface area (Å²) in [7, 11) is 3.08. The molecule has 20 heteroatoms. The van der Waals surface area contributed by atoms with E-state index in [4.69, 9.17) is 18.9 Å². The van der Waals surface area contributed by atoms with Crippen LogP contribution in [0.25, 0.3) is 0 Å². The number of imide groups is 1. The van der Waals surface area contributed by atoms with E-state index < -0.39 is 70.8 Å². The molecule has 3 atom stereocenters. The van der Waals surface area contributed by atoms with Gasteiger partial charge >= 0.3 is 5.97 Å². The van der Waals surface area contributed by atoms with Crippen LogP contribution in [-0.2, 0) is 49.5 Å². The predicted octanol–water partition coefficient (Wildman–Crippen LogP) is 5.17. The number of carbonyl (C=O) groups is 9. The highest BCUT2D eigenvalue weighted by Gasteiger charge is 2.41. The third-order valence-electron chi connectivity index (χ3n) is 13.1. The fourth-order valence-electron chi connectivity index (χ4n) is 8.27. The number of nitrogens with zero attached hydrogens (tertiary/aromatic N) is 2. The number of esters is 1. The SMILES string of the molecule is CCC(C)(C)C(=O)C(=O)N1CCCCC1C(=O)OC(CCc1ccc(OC)c(OC)c1)c1cccc(NC(=O)CCC(=O)NCCCCNC(=O)COc2cccc(C(=O)N([O-])C3CCC(=O)NC3=O)c2C)c1. The first-order valence-electron chi connectivity index (χ1n) is 24.6. The van der Waals surface area contributed by atoms with E-state index in [0.29, 0.717) is 86.2 Å². The van der Waals surface area contributed by atoms with Gasteiger partial charge in [0.05, 0.1) is 14.2 Å². The molecular weight excluding hydrogens is 945 g/mol. The van der Waals surface area contributed by atoms with E-state index in [2.05, 4.69) is 21.3 Å². The Labute approximate surface area is 425 Å². The average molecular weight is 1010 g/mol. The summed E-state index contributed by atoms with van der Waals surface area (Å²) in [6.45, 7) is 7.27. The highest BCUT2D eigenvalue weighted by Crippen LogP contribution is 2.33. The second-order valence-electron chi connectivity index (χ2n) is 18.6. The summed E-state index contributed by atoms with van der Waals surface area (Å²) in [5, 5.41) is 23.1. The first-order valence-corrected chi connectivity index (χ1v) is 24.6. The molecule has 2 aliphatic heterocycles. The van der Waals surface area contributed by atoms with E-state index in [9.17, 15) is 48.4 Å². The Kier molecular flexibility index (Phi) is 20.9. The van der Waals surface area contributed by atoms with Crippen molar-refractivity contribution in [3.8, 4) is 17.2 Å². The molecule has 20 nitrogen and oxygen atoms in total. The van der Waals surface area contributed by atoms with Crippen molar-refractivity contribution in [2.45, 2.75) is 123 Å². The average Bonchev–Trinajstić information content (AvgIpc) is 3.38. The minimum Gasteiger partial charge on any atom is -0.755 e. The van der Waals surface area contributed by atoms with E-state index in [0.717, 1.165) is 5.56 Å². The second-order valence-corrected chi connectivity index (χ2v) is 18.6. The third kappa shape index (κ3) is 15.8. The number of unbranched alkanes of at least 4 members (excludes halogenated alkanes) is 1. The lowest BCUT2D eigenvalue weighted by Crippen LogP contribution is -2.53. The van der Waals surface area contributed by atoms with Crippen LogP contribution in [0.2, 0.25) is 0 Å². The van der Waals surface area contributed by atoms with E-state index in [1.807, 2.05) is 19.1 Å². The van der Waals surface area contributed by atoms with Crippen LogP contribution >= 0.6 is 0 Å². The standard InChI is InChI=1S/C53H67N6O14/c1-7-53(3,4)48(64)51(67)58-29-11-8-17-39(58)52(68)73-41(22-19-34-20-23-42(70-5)43(30-34)71-6)35-14-12-15-36(31-35)56-45(61)26-25-44(60)54-27-9-10-28-55-47(63)32-72-40-18-13-16-37(33(40)2)50(66)59(69)38-21-24-46(62)57-49(38)65/h12-16,18,20,23,30-31,38-39,41H,7-11,17,19,21-22,24-29,32H2,1-6H3,(H,54,60)(H,55,63)(H,56,61)(H,57,62,65)/q-1. The van der Waals surface area contributed by atoms with Crippen LogP contribution in [0, 0.1) is 17.5 Å². The molecule has 4 N–H and O–H groups in total. The summed E-state index contributed by atoms with van der Waals surface area (Å²) >= 11 is 0. The van der Waals surface area contributed by atoms with E-state index in [1.165, 1.54) is 30.2 Å². The van der Waals surface area contributed by atoms with Gasteiger partial charge in [-0.05, 0) is 112 Å². The molecule has 0 bridgehead atoms. The van der Waals surface area contributed by atoms with Crippen molar-refractivity contribution in [2.24, 2.45) is 5.41 Å². The van der Waals surface area contributed by atoms with Crippen LogP contribution in [0.4, 0.5) is 5.69 Å². The van der Waals surface area contributed by atoms with Crippen LogP contribution in [0.15, 0.2) is 60.7 Å². The summed E-state index contributed by atoms with van der Waals surface area (Å²) < 4.78 is 22.7. The van der Waals surface area contributed by atoms with Crippen LogP contribution in [0.3, 0.4) is 0 Å². The molecule has 2 aliphatic rings. The monoisotopic (exact) mass is 1010 g/mol. The number of aryl methyl sites for hydroxylation is 1. The number of hydroxylamine groups is 2. The molecule has 5 rings (SSSR count). The number of methoxy groups -OCH3 is 2. The second kappa shape index (κ2) is 26.9. The summed E-state index contributed by atoms with van der Waals surface area (Å²) in [5.41, 5.74) is 1.28. The van der Waals surface area contributed by atoms with Gasteiger partial charge in [0.15, 0.2) is 18.1 Å². The number of Topliss-reactive ketones (excluding diaryl/α,β-unsaturated/α-hetero) is 1. The Morgan fingerprint density at radius 1 is 0.849 bits per heavy atom. The largest absolute Gasteiger partial charge is 0.755 e. The maximum atomic E-state index is 14.0. The van der Waals surface area contributed by atoms with Gasteiger partial charge in [0, 0.05) is 61.1 Å². The van der Waals surface area contributed by atoms with Gasteiger partial charge in [-0.3, -0.25) is 43.7 Å². The van der Waals surface area contributed by atoms with Gasteiger partial charge in [-0.25, -0.2) is 4.79 Å². The normalized spacial score (nSPS) is 16.0. The zero-order valence-electron chi connectivity index (χ0n) is 42.4. The number of ketones is 1. The first-order chi connectivity index (χ1) is 34.9. The lowest BCUT2D eigenvalue weighted by Gasteiger charge is -2.37. The third-order valence-corrected chi connectivity index (χ3v) is 13.1. The molecule has 3 aromatic carbocycles. The van der Waals surface area contributed by atoms with E-state index in [1.54, 1.807) is 58.2 Å². The fraction of sp³-hybridized carbons (Fsp3) is 0.491. The Morgan fingerprint density at radius 3 is 2.25 bits per heavy atom. The highest BCUT2D eigenvalue weighted by atomic mass is 16.5. The van der Waals surface area contributed by atoms with Crippen molar-refractivity contribution >= 4 is 58.8 Å². The minimum atomic E-state index is -1.34. The van der Waals surface area contributed by atoms with Crippen LogP contribution in [0.1, 0.15) is 125 Å². The molecular formula is C53H67N6O14-. The van der Waals surface area contributed by atoms with Gasteiger partial charge < -0.3 is 50.1 Å². The smallest absolute Gasteiger partial charge is 0.329 e. The number of amides is 7. The number of piperidine rings is 2. The molecule has 0 aliphatic carbocycles. The predicted molar refractivity (Wildman–Crippen MR) is 267 cm³/mol. The van der Waals surface area contributed by atoms with Crippen molar-refractivity contribution in [2.75, 3.05) is 45.8 Å². The maximum absolute atomic E-state index is 14.0. The highest BCUT2D eigenvalue weighted by molar-refractivity contribution is 6.38. The Morgan fingerprint density at radius 2 is 1.55 bits per heavy atom. The number of nitrogens with one attached hydrogen (secondary N) is 4. The summed E-state index contributed by atoms with van der Waals surface area (Å²) in [6, 6.07) is 14.5. The van der Waals surface area contributed by atoms with E-state index >= 15 is 0 Å². The van der Waals surface area contributed by atoms with Gasteiger partial charge in [-0.1, -0.05) is 45.0 Å². The molecule has 394 valence electrons. The van der Waals surface area contributed by atoms with E-state index in [-0.39, 0.29) is 67.7 Å². The van der Waals surface area contributed by atoms with Crippen LogP contribution < -0.4 is 35.5 Å². The quantitative estimate of drug-likeness (QED) is 0.0281. The van der Waals surface area contributed by atoms with Crippen LogP contribution in [-0.4, -0.2) is 116 Å². The molecule has 2 fully saturated rings. The molecule has 73 heavy (non-hydrogen) atoms. The Bertz CT molecular complexity index is 2510. The summed E-state index contributed by atoms with van der Waals surface area (Å²) in [6.07, 6.45) is 2.78. The molecule has 0 spiro atoms. The summed E-state index contributed by atoms with van der Waals surface area (Å²) in [4.78, 5) is 117. The fourth-order valence-corrected chi connectivity index (χ4v) is 8.27. The number of benzene rings is 3. The summed E-state index contributed by atoms with van der Waals surface area (Å²) in [5.74, 6) is -4.11. The zero-order chi connectivity index (χ0) is 53.2. The lowest BCUT2D eigenvalue weighted by molar-refractivity contribution is -0.164. The number of carbonyl (C=O) groups excluding carboxylic acids is 9. The molecule has 2 heterocycles. The molecule has 7 amide bonds. The van der Waals surface area contributed by atoms with Gasteiger partial charge in [-0.15, -0.1) is 0 Å². The number of hydrogen-bond acceptors (Lipinski definition) is 14. The van der Waals surface area contributed by atoms with Crippen LogP contribution in [0.5, 0.6) is 17.2 Å². The molecule has 0 aromatic heterocycles. The number of likely N-dealkylation sites (tertiary alicyclic amines) is 1. The number of hydrogen-bond donors (Lipinski definition) is 4. The molecule has 3 unspecified atom stereocenters. The van der Waals surface area contributed by atoms with Crippen molar-refractivity contribution in [1.82, 2.24) is 25.9 Å². The van der Waals surface area contributed by atoms with Gasteiger partial charge in [0.1, 0.15) is 23.9 Å². The minimum absolute atomic E-state index is 0.0117. The first kappa shape index (κ1) is 56.6. The number of anilines is 1. The zero-order valence-corrected chi connectivity index (χ0v) is 42.4. The lowest BCUT2D eigenvalue weighted by atomic mass is 9.84. The molecule has 3 aromatic rings. The van der Waals surface area contributed by atoms with Gasteiger partial charge in [0.25, 0.3) is 11.8 Å². The maximum Gasteiger partial charge on any atom is 0.329 e. The Balaban J connectivity index is 1.08. The van der Waals surface area contributed by atoms with Gasteiger partial charge in [0.2, 0.25) is 35.3 Å². The topological polar surface area (TPSA) is 268 Å². The molecule has 0 radical (unpaired) electrons. The van der Waals surface area contributed by atoms with Crippen molar-refractivity contribution in [3.63, 3.8) is 0 Å². The number of ether oxygens (including phenoxy) is 4. The van der Waals surface area contributed by atoms with Crippen molar-refractivity contribution < 1.29 is 62.1 Å².